The zero-order chi connectivity index (χ0) is 15.1. The maximum absolute atomic E-state index is 12.5. The predicted octanol–water partition coefficient (Wildman–Crippen LogP) is 1.68. The van der Waals surface area contributed by atoms with Gasteiger partial charge >= 0.3 is 5.97 Å². The molecule has 0 spiro atoms. The van der Waals surface area contributed by atoms with Gasteiger partial charge in [0, 0.05) is 13.1 Å². The summed E-state index contributed by atoms with van der Waals surface area (Å²) in [4.78, 5) is 28.6. The number of carboxylic acids is 1. The van der Waals surface area contributed by atoms with Crippen molar-refractivity contribution in [2.75, 3.05) is 19.7 Å². The third-order valence-electron chi connectivity index (χ3n) is 3.45. The predicted molar refractivity (Wildman–Crippen MR) is 72.8 cm³/mol. The lowest BCUT2D eigenvalue weighted by atomic mass is 10.1. The summed E-state index contributed by atoms with van der Waals surface area (Å²) < 4.78 is 10.1. The van der Waals surface area contributed by atoms with Gasteiger partial charge in [-0.05, 0) is 12.8 Å². The molecule has 7 nitrogen and oxygen atoms in total. The highest BCUT2D eigenvalue weighted by molar-refractivity contribution is 5.93. The van der Waals surface area contributed by atoms with E-state index in [1.807, 2.05) is 0 Å². The Kier molecular flexibility index (Phi) is 5.74. The molecular formula is C14H20N2O5. The lowest BCUT2D eigenvalue weighted by Gasteiger charge is -2.24. The van der Waals surface area contributed by atoms with Gasteiger partial charge in [0.1, 0.15) is 13.2 Å². The van der Waals surface area contributed by atoms with Gasteiger partial charge in [-0.3, -0.25) is 4.79 Å². The maximum atomic E-state index is 12.5. The summed E-state index contributed by atoms with van der Waals surface area (Å²) in [6.45, 7) is 0.946. The minimum atomic E-state index is -1.06. The molecule has 0 atom stereocenters. The van der Waals surface area contributed by atoms with E-state index in [1.54, 1.807) is 4.90 Å². The molecule has 0 saturated carbocycles. The SMILES string of the molecule is O=C(O)COCc1ocnc1C(=O)N1CCCCCCC1. The summed E-state index contributed by atoms with van der Waals surface area (Å²) in [6.07, 6.45) is 6.67. The summed E-state index contributed by atoms with van der Waals surface area (Å²) in [5.74, 6) is -0.950. The van der Waals surface area contributed by atoms with Crippen LogP contribution < -0.4 is 0 Å². The molecule has 1 fully saturated rings. The van der Waals surface area contributed by atoms with Crippen molar-refractivity contribution in [2.24, 2.45) is 0 Å². The molecule has 116 valence electrons. The standard InChI is InChI=1S/C14H20N2O5/c17-12(18)9-20-8-11-13(15-10-21-11)14(19)16-6-4-2-1-3-5-7-16/h10H,1-9H2,(H,17,18). The van der Waals surface area contributed by atoms with Crippen LogP contribution in [0.4, 0.5) is 0 Å². The molecule has 7 heteroatoms. The minimum absolute atomic E-state index is 0.0682. The third-order valence-corrected chi connectivity index (χ3v) is 3.45. The van der Waals surface area contributed by atoms with Gasteiger partial charge in [0.15, 0.2) is 17.8 Å². The molecule has 0 bridgehead atoms. The number of rotatable bonds is 5. The number of ether oxygens (including phenoxy) is 1. The Morgan fingerprint density at radius 2 is 1.90 bits per heavy atom. The largest absolute Gasteiger partial charge is 0.480 e. The number of carbonyl (C=O) groups excluding carboxylic acids is 1. The Hall–Kier alpha value is -1.89. The zero-order valence-electron chi connectivity index (χ0n) is 11.9. The van der Waals surface area contributed by atoms with Crippen LogP contribution in [0.1, 0.15) is 48.4 Å². The van der Waals surface area contributed by atoms with Crippen molar-refractivity contribution in [2.45, 2.75) is 38.7 Å². The van der Waals surface area contributed by atoms with E-state index in [-0.39, 0.29) is 24.0 Å². The topological polar surface area (TPSA) is 92.9 Å². The van der Waals surface area contributed by atoms with Crippen LogP contribution in [-0.4, -0.2) is 46.6 Å². The number of oxazole rings is 1. The molecule has 2 heterocycles. The number of amides is 1. The molecule has 0 unspecified atom stereocenters. The van der Waals surface area contributed by atoms with E-state index < -0.39 is 12.6 Å². The lowest BCUT2D eigenvalue weighted by molar-refractivity contribution is -0.142. The quantitative estimate of drug-likeness (QED) is 0.888. The molecule has 1 aromatic rings. The van der Waals surface area contributed by atoms with Gasteiger partial charge in [-0.15, -0.1) is 0 Å². The van der Waals surface area contributed by atoms with Gasteiger partial charge in [0.25, 0.3) is 5.91 Å². The fourth-order valence-electron chi connectivity index (χ4n) is 2.38. The summed E-state index contributed by atoms with van der Waals surface area (Å²) in [5, 5.41) is 8.54. The number of hydrogen-bond donors (Lipinski definition) is 1. The van der Waals surface area contributed by atoms with E-state index in [4.69, 9.17) is 14.3 Å². The second-order valence-corrected chi connectivity index (χ2v) is 5.07. The Morgan fingerprint density at radius 3 is 2.57 bits per heavy atom. The monoisotopic (exact) mass is 296 g/mol. The summed E-state index contributed by atoms with van der Waals surface area (Å²) in [6, 6.07) is 0. The molecule has 0 radical (unpaired) electrons. The van der Waals surface area contributed by atoms with Gasteiger partial charge in [-0.25, -0.2) is 9.78 Å². The van der Waals surface area contributed by atoms with Crippen LogP contribution >= 0.6 is 0 Å². The van der Waals surface area contributed by atoms with Gasteiger partial charge < -0.3 is 19.2 Å². The Morgan fingerprint density at radius 1 is 1.24 bits per heavy atom. The molecule has 1 aliphatic rings. The molecule has 0 aromatic carbocycles. The van der Waals surface area contributed by atoms with Crippen LogP contribution in [0.25, 0.3) is 0 Å². The Labute approximate surface area is 122 Å². The third kappa shape index (κ3) is 4.56. The molecule has 1 amide bonds. The number of aromatic nitrogens is 1. The first-order valence-corrected chi connectivity index (χ1v) is 7.19. The average Bonchev–Trinajstić information content (AvgIpc) is 2.85. The highest BCUT2D eigenvalue weighted by Gasteiger charge is 2.23. The van der Waals surface area contributed by atoms with Crippen LogP contribution in [-0.2, 0) is 16.1 Å². The lowest BCUT2D eigenvalue weighted by Crippen LogP contribution is -2.34. The summed E-state index contributed by atoms with van der Waals surface area (Å²) >= 11 is 0. The number of carbonyl (C=O) groups is 2. The molecule has 1 aliphatic heterocycles. The normalized spacial score (nSPS) is 16.3. The number of aliphatic carboxylic acids is 1. The van der Waals surface area contributed by atoms with Crippen LogP contribution in [0.15, 0.2) is 10.8 Å². The van der Waals surface area contributed by atoms with Crippen LogP contribution in [0.2, 0.25) is 0 Å². The molecule has 21 heavy (non-hydrogen) atoms. The van der Waals surface area contributed by atoms with E-state index in [2.05, 4.69) is 4.98 Å². The highest BCUT2D eigenvalue weighted by atomic mass is 16.5. The van der Waals surface area contributed by atoms with Crippen molar-refractivity contribution in [3.8, 4) is 0 Å². The molecular weight excluding hydrogens is 276 g/mol. The maximum Gasteiger partial charge on any atom is 0.329 e. The minimum Gasteiger partial charge on any atom is -0.480 e. The van der Waals surface area contributed by atoms with E-state index in [1.165, 1.54) is 12.8 Å². The van der Waals surface area contributed by atoms with Crippen LogP contribution in [0.3, 0.4) is 0 Å². The highest BCUT2D eigenvalue weighted by Crippen LogP contribution is 2.16. The zero-order valence-corrected chi connectivity index (χ0v) is 11.9. The molecule has 2 rings (SSSR count). The first-order valence-electron chi connectivity index (χ1n) is 7.19. The van der Waals surface area contributed by atoms with E-state index in [0.29, 0.717) is 0 Å². The second-order valence-electron chi connectivity index (χ2n) is 5.07. The van der Waals surface area contributed by atoms with Crippen molar-refractivity contribution < 1.29 is 23.8 Å². The molecule has 0 aliphatic carbocycles. The van der Waals surface area contributed by atoms with E-state index in [9.17, 15) is 9.59 Å². The fourth-order valence-corrected chi connectivity index (χ4v) is 2.38. The number of carboxylic acid groups (broad SMARTS) is 1. The number of hydrogen-bond acceptors (Lipinski definition) is 5. The summed E-state index contributed by atoms with van der Waals surface area (Å²) in [5.41, 5.74) is 0.223. The van der Waals surface area contributed by atoms with Crippen molar-refractivity contribution in [1.29, 1.82) is 0 Å². The number of nitrogens with zero attached hydrogens (tertiary/aromatic N) is 2. The van der Waals surface area contributed by atoms with Crippen molar-refractivity contribution in [3.63, 3.8) is 0 Å². The van der Waals surface area contributed by atoms with Crippen LogP contribution in [0, 0.1) is 0 Å². The molecule has 1 aromatic heterocycles. The van der Waals surface area contributed by atoms with E-state index in [0.717, 1.165) is 38.8 Å². The van der Waals surface area contributed by atoms with Gasteiger partial charge in [0.05, 0.1) is 0 Å². The van der Waals surface area contributed by atoms with Crippen molar-refractivity contribution in [3.05, 3.63) is 17.8 Å². The fraction of sp³-hybridized carbons (Fsp3) is 0.643. The van der Waals surface area contributed by atoms with Gasteiger partial charge in [-0.1, -0.05) is 19.3 Å². The second kappa shape index (κ2) is 7.78. The molecule has 1 N–H and O–H groups in total. The van der Waals surface area contributed by atoms with Crippen molar-refractivity contribution >= 4 is 11.9 Å². The average molecular weight is 296 g/mol. The Balaban J connectivity index is 1.97. The summed E-state index contributed by atoms with van der Waals surface area (Å²) in [7, 11) is 0. The number of likely N-dealkylation sites (tertiary alicyclic amines) is 1. The van der Waals surface area contributed by atoms with Crippen LogP contribution in [0.5, 0.6) is 0 Å². The molecule has 1 saturated heterocycles. The first-order chi connectivity index (χ1) is 10.2. The van der Waals surface area contributed by atoms with Crippen molar-refractivity contribution in [1.82, 2.24) is 9.88 Å². The van der Waals surface area contributed by atoms with Gasteiger partial charge in [0.2, 0.25) is 0 Å². The van der Waals surface area contributed by atoms with E-state index >= 15 is 0 Å². The van der Waals surface area contributed by atoms with Gasteiger partial charge in [-0.2, -0.15) is 0 Å². The Bertz CT molecular complexity index is 477. The smallest absolute Gasteiger partial charge is 0.329 e. The first kappa shape index (κ1) is 15.5.